The Morgan fingerprint density at radius 3 is 2.23 bits per heavy atom. The Kier molecular flexibility index (Phi) is 4.77. The lowest BCUT2D eigenvalue weighted by Crippen LogP contribution is -2.37. The summed E-state index contributed by atoms with van der Waals surface area (Å²) in [4.78, 5) is 25.8. The number of hydrogen-bond acceptors (Lipinski definition) is 3. The molecule has 0 aliphatic carbocycles. The number of carbonyl (C=O) groups excluding carboxylic acids is 2. The van der Waals surface area contributed by atoms with Crippen LogP contribution in [0.15, 0.2) is 24.3 Å². The van der Waals surface area contributed by atoms with Crippen molar-refractivity contribution in [2.45, 2.75) is 39.7 Å². The molecule has 2 rings (SSSR count). The molecule has 1 N–H and O–H groups in total. The Bertz CT molecular complexity index is 647. The fourth-order valence-corrected chi connectivity index (χ4v) is 2.36. The van der Waals surface area contributed by atoms with E-state index in [9.17, 15) is 9.59 Å². The van der Waals surface area contributed by atoms with Crippen LogP contribution in [-0.2, 0) is 0 Å². The van der Waals surface area contributed by atoms with Crippen LogP contribution in [0.3, 0.4) is 0 Å². The van der Waals surface area contributed by atoms with E-state index in [1.54, 1.807) is 31.2 Å². The van der Waals surface area contributed by atoms with Gasteiger partial charge in [-0.15, -0.1) is 0 Å². The monoisotopic (exact) mass is 296 g/mol. The van der Waals surface area contributed by atoms with Crippen LogP contribution in [-0.4, -0.2) is 28.5 Å². The summed E-state index contributed by atoms with van der Waals surface area (Å²) in [6.45, 7) is 5.86. The summed E-state index contributed by atoms with van der Waals surface area (Å²) in [5.41, 5.74) is 1.20. The highest BCUT2D eigenvalue weighted by Crippen LogP contribution is 2.24. The molecule has 1 heterocycles. The van der Waals surface area contributed by atoms with Gasteiger partial charge in [0.25, 0.3) is 11.8 Å². The fourth-order valence-electron chi connectivity index (χ4n) is 2.36. The molecule has 1 aromatic carbocycles. The second kappa shape index (κ2) is 6.57. The highest BCUT2D eigenvalue weighted by Gasteiger charge is 2.37. The van der Waals surface area contributed by atoms with E-state index in [0.29, 0.717) is 29.2 Å². The van der Waals surface area contributed by atoms with Gasteiger partial charge in [0.1, 0.15) is 0 Å². The van der Waals surface area contributed by atoms with E-state index >= 15 is 0 Å². The highest BCUT2D eigenvalue weighted by atomic mass is 16.2. The molecule has 22 heavy (non-hydrogen) atoms. The van der Waals surface area contributed by atoms with Gasteiger partial charge in [-0.2, -0.15) is 0 Å². The van der Waals surface area contributed by atoms with E-state index < -0.39 is 6.04 Å². The molecule has 1 aliphatic rings. The zero-order valence-corrected chi connectivity index (χ0v) is 13.1. The van der Waals surface area contributed by atoms with E-state index in [1.165, 1.54) is 4.90 Å². The van der Waals surface area contributed by atoms with Crippen LogP contribution in [0.4, 0.5) is 0 Å². The van der Waals surface area contributed by atoms with E-state index in [1.807, 2.05) is 0 Å². The first-order chi connectivity index (χ1) is 10.5. The highest BCUT2D eigenvalue weighted by molar-refractivity contribution is 6.21. The molecule has 2 atom stereocenters. The predicted molar refractivity (Wildman–Crippen MR) is 86.0 cm³/mol. The lowest BCUT2D eigenvalue weighted by molar-refractivity contribution is 0.0630. The maximum atomic E-state index is 12.3. The summed E-state index contributed by atoms with van der Waals surface area (Å²) in [6.07, 6.45) is 1.62. The van der Waals surface area contributed by atoms with Crippen LogP contribution in [0, 0.1) is 23.2 Å². The van der Waals surface area contributed by atoms with Crippen molar-refractivity contribution in [3.8, 4) is 11.8 Å². The SMILES string of the molecule is CCC(C)CC(=N)C#C[C@@H](C)N1C(=O)c2ccccc2C1=O. The lowest BCUT2D eigenvalue weighted by atomic mass is 10.0. The predicted octanol–water partition coefficient (Wildman–Crippen LogP) is 3.13. The van der Waals surface area contributed by atoms with Gasteiger partial charge in [-0.25, -0.2) is 0 Å². The third kappa shape index (κ3) is 3.09. The minimum Gasteiger partial charge on any atom is -0.296 e. The molecule has 0 saturated carbocycles. The number of benzene rings is 1. The number of hydrogen-bond donors (Lipinski definition) is 1. The molecule has 4 nitrogen and oxygen atoms in total. The third-order valence-electron chi connectivity index (χ3n) is 3.89. The second-order valence-corrected chi connectivity index (χ2v) is 5.67. The van der Waals surface area contributed by atoms with Crippen molar-refractivity contribution in [2.24, 2.45) is 5.92 Å². The molecule has 0 aromatic heterocycles. The topological polar surface area (TPSA) is 61.2 Å². The first-order valence-corrected chi connectivity index (χ1v) is 7.51. The number of amides is 2. The number of imide groups is 1. The summed E-state index contributed by atoms with van der Waals surface area (Å²) in [5.74, 6) is 5.43. The first kappa shape index (κ1) is 16.0. The minimum absolute atomic E-state index is 0.309. The molecule has 0 spiro atoms. The van der Waals surface area contributed by atoms with Crippen LogP contribution < -0.4 is 0 Å². The van der Waals surface area contributed by atoms with Gasteiger partial charge >= 0.3 is 0 Å². The normalized spacial score (nSPS) is 15.9. The Balaban J connectivity index is 2.12. The summed E-state index contributed by atoms with van der Waals surface area (Å²) >= 11 is 0. The number of fused-ring (bicyclic) bond motifs is 1. The molecule has 0 bridgehead atoms. The van der Waals surface area contributed by atoms with Crippen LogP contribution in [0.2, 0.25) is 0 Å². The van der Waals surface area contributed by atoms with Crippen molar-refractivity contribution in [1.29, 1.82) is 5.41 Å². The van der Waals surface area contributed by atoms with E-state index in [0.717, 1.165) is 6.42 Å². The zero-order chi connectivity index (χ0) is 16.3. The van der Waals surface area contributed by atoms with Crippen molar-refractivity contribution in [1.82, 2.24) is 4.90 Å². The number of rotatable bonds is 4. The molecule has 1 unspecified atom stereocenters. The first-order valence-electron chi connectivity index (χ1n) is 7.51. The second-order valence-electron chi connectivity index (χ2n) is 5.67. The molecule has 0 radical (unpaired) electrons. The largest absolute Gasteiger partial charge is 0.296 e. The summed E-state index contributed by atoms with van der Waals surface area (Å²) in [5, 5.41) is 7.85. The van der Waals surface area contributed by atoms with Crippen molar-refractivity contribution in [2.75, 3.05) is 0 Å². The maximum absolute atomic E-state index is 12.3. The fraction of sp³-hybridized carbons (Fsp3) is 0.389. The van der Waals surface area contributed by atoms with Crippen LogP contribution in [0.1, 0.15) is 54.3 Å². The van der Waals surface area contributed by atoms with Crippen LogP contribution in [0.5, 0.6) is 0 Å². The molecule has 1 aromatic rings. The van der Waals surface area contributed by atoms with Gasteiger partial charge in [-0.05, 0) is 37.3 Å². The molecule has 4 heteroatoms. The van der Waals surface area contributed by atoms with Crippen LogP contribution in [0.25, 0.3) is 0 Å². The van der Waals surface area contributed by atoms with Gasteiger partial charge < -0.3 is 0 Å². The Hall–Kier alpha value is -2.41. The lowest BCUT2D eigenvalue weighted by Gasteiger charge is -2.17. The summed E-state index contributed by atoms with van der Waals surface area (Å²) in [7, 11) is 0. The van der Waals surface area contributed by atoms with Gasteiger partial charge in [0, 0.05) is 0 Å². The van der Waals surface area contributed by atoms with Crippen molar-refractivity contribution in [3.63, 3.8) is 0 Å². The Labute approximate surface area is 131 Å². The van der Waals surface area contributed by atoms with E-state index in [4.69, 9.17) is 5.41 Å². The van der Waals surface area contributed by atoms with Crippen LogP contribution >= 0.6 is 0 Å². The maximum Gasteiger partial charge on any atom is 0.262 e. The zero-order valence-electron chi connectivity index (χ0n) is 13.1. The average Bonchev–Trinajstić information content (AvgIpc) is 2.77. The molecule has 114 valence electrons. The minimum atomic E-state index is -0.537. The molecule has 0 saturated heterocycles. The third-order valence-corrected chi connectivity index (χ3v) is 3.89. The smallest absolute Gasteiger partial charge is 0.262 e. The van der Waals surface area contributed by atoms with Crippen molar-refractivity contribution >= 4 is 17.5 Å². The van der Waals surface area contributed by atoms with Gasteiger partial charge in [0.05, 0.1) is 22.9 Å². The standard InChI is InChI=1S/C18H20N2O2/c1-4-12(2)11-14(19)10-9-13(3)20-17(21)15-7-5-6-8-16(15)18(20)22/h5-8,12-13,19H,4,11H2,1-3H3/t12?,13-/m1/s1. The molecule has 1 aliphatic heterocycles. The molecular weight excluding hydrogens is 276 g/mol. The quantitative estimate of drug-likeness (QED) is 0.527. The van der Waals surface area contributed by atoms with Gasteiger partial charge in [-0.1, -0.05) is 38.3 Å². The number of nitrogens with zero attached hydrogens (tertiary/aromatic N) is 1. The molecule has 2 amide bonds. The van der Waals surface area contributed by atoms with E-state index in [-0.39, 0.29) is 11.8 Å². The number of carbonyl (C=O) groups is 2. The molecular formula is C18H20N2O2. The van der Waals surface area contributed by atoms with Gasteiger partial charge in [-0.3, -0.25) is 19.9 Å². The average molecular weight is 296 g/mol. The Morgan fingerprint density at radius 2 is 1.73 bits per heavy atom. The van der Waals surface area contributed by atoms with Gasteiger partial charge in [0.2, 0.25) is 0 Å². The summed E-state index contributed by atoms with van der Waals surface area (Å²) < 4.78 is 0. The van der Waals surface area contributed by atoms with Gasteiger partial charge in [0.15, 0.2) is 0 Å². The Morgan fingerprint density at radius 1 is 1.18 bits per heavy atom. The summed E-state index contributed by atoms with van der Waals surface area (Å²) in [6, 6.07) is 6.25. The van der Waals surface area contributed by atoms with Crippen molar-refractivity contribution < 1.29 is 9.59 Å². The van der Waals surface area contributed by atoms with Crippen molar-refractivity contribution in [3.05, 3.63) is 35.4 Å². The molecule has 0 fully saturated rings. The number of nitrogens with one attached hydrogen (secondary N) is 1. The van der Waals surface area contributed by atoms with E-state index in [2.05, 4.69) is 25.7 Å².